The van der Waals surface area contributed by atoms with Crippen molar-refractivity contribution in [3.63, 3.8) is 0 Å². The van der Waals surface area contributed by atoms with Crippen molar-refractivity contribution in [2.45, 2.75) is 39.2 Å². The normalized spacial score (nSPS) is 15.5. The summed E-state index contributed by atoms with van der Waals surface area (Å²) < 4.78 is 5.26. The highest BCUT2D eigenvalue weighted by molar-refractivity contribution is 6.29. The molecule has 0 unspecified atom stereocenters. The predicted molar refractivity (Wildman–Crippen MR) is 110 cm³/mol. The number of carbonyl (C=O) groups is 2. The molecule has 0 radical (unpaired) electrons. The lowest BCUT2D eigenvalue weighted by Gasteiger charge is -2.32. The van der Waals surface area contributed by atoms with Gasteiger partial charge < -0.3 is 15.0 Å². The third-order valence-corrected chi connectivity index (χ3v) is 4.95. The van der Waals surface area contributed by atoms with Gasteiger partial charge in [0.1, 0.15) is 10.8 Å². The number of piperidine rings is 1. The fourth-order valence-electron chi connectivity index (χ4n) is 3.30. The van der Waals surface area contributed by atoms with Gasteiger partial charge in [-0.3, -0.25) is 4.79 Å². The molecule has 1 N–H and O–H groups in total. The third-order valence-electron chi connectivity index (χ3n) is 4.74. The van der Waals surface area contributed by atoms with Crippen LogP contribution in [0.4, 0.5) is 4.79 Å². The van der Waals surface area contributed by atoms with Gasteiger partial charge in [-0.05, 0) is 69.9 Å². The lowest BCUT2D eigenvalue weighted by molar-refractivity contribution is 0.0500. The molecule has 6 nitrogen and oxygen atoms in total. The highest BCUT2D eigenvalue weighted by atomic mass is 35.5. The number of nitrogens with zero attached hydrogens (tertiary/aromatic N) is 2. The number of rotatable bonds is 3. The Morgan fingerprint density at radius 2 is 1.93 bits per heavy atom. The number of nitrogens with one attached hydrogen (secondary N) is 1. The molecule has 1 aliphatic heterocycles. The first kappa shape index (κ1) is 20.4. The minimum absolute atomic E-state index is 0.0235. The number of ether oxygens (including phenoxy) is 1. The first-order valence-electron chi connectivity index (χ1n) is 9.54. The molecule has 3 rings (SSSR count). The van der Waals surface area contributed by atoms with E-state index >= 15 is 0 Å². The molecular weight excluding hydrogens is 378 g/mol. The standard InChI is InChI=1S/C21H26ClN3O3/c1-21(2,3)28-20(27)23-13-14-8-10-25(11-9-14)19(26)16-4-6-17-15(12-16)5-7-18(22)24-17/h4-7,12,14H,8-11,13H2,1-3H3,(H,23,27). The highest BCUT2D eigenvalue weighted by Gasteiger charge is 2.25. The van der Waals surface area contributed by atoms with E-state index in [1.165, 1.54) is 0 Å². The van der Waals surface area contributed by atoms with Crippen LogP contribution in [0.2, 0.25) is 5.15 Å². The molecule has 2 heterocycles. The van der Waals surface area contributed by atoms with E-state index < -0.39 is 11.7 Å². The molecule has 2 amide bonds. The van der Waals surface area contributed by atoms with Gasteiger partial charge in [-0.1, -0.05) is 11.6 Å². The molecular formula is C21H26ClN3O3. The Labute approximate surface area is 170 Å². The lowest BCUT2D eigenvalue weighted by atomic mass is 9.96. The molecule has 7 heteroatoms. The Kier molecular flexibility index (Phi) is 6.08. The summed E-state index contributed by atoms with van der Waals surface area (Å²) in [7, 11) is 0. The van der Waals surface area contributed by atoms with Crippen LogP contribution in [0.25, 0.3) is 10.9 Å². The first-order valence-corrected chi connectivity index (χ1v) is 9.91. The van der Waals surface area contributed by atoms with Gasteiger partial charge in [0, 0.05) is 30.6 Å². The molecule has 0 spiro atoms. The molecule has 0 saturated carbocycles. The molecule has 1 saturated heterocycles. The molecule has 150 valence electrons. The summed E-state index contributed by atoms with van der Waals surface area (Å²) in [6.07, 6.45) is 1.31. The highest BCUT2D eigenvalue weighted by Crippen LogP contribution is 2.21. The van der Waals surface area contributed by atoms with Crippen LogP contribution in [0.3, 0.4) is 0 Å². The average Bonchev–Trinajstić information content (AvgIpc) is 2.64. The molecule has 1 aromatic heterocycles. The van der Waals surface area contributed by atoms with Crippen LogP contribution in [0.15, 0.2) is 30.3 Å². The Morgan fingerprint density at radius 1 is 1.21 bits per heavy atom. The molecule has 28 heavy (non-hydrogen) atoms. The summed E-state index contributed by atoms with van der Waals surface area (Å²) in [5, 5.41) is 4.16. The third kappa shape index (κ3) is 5.35. The van der Waals surface area contributed by atoms with E-state index in [4.69, 9.17) is 16.3 Å². The van der Waals surface area contributed by atoms with Gasteiger partial charge in [-0.15, -0.1) is 0 Å². The second-order valence-corrected chi connectivity index (χ2v) is 8.55. The number of alkyl carbamates (subject to hydrolysis) is 1. The van der Waals surface area contributed by atoms with E-state index in [1.54, 1.807) is 12.1 Å². The number of hydrogen-bond donors (Lipinski definition) is 1. The van der Waals surface area contributed by atoms with E-state index in [0.717, 1.165) is 23.7 Å². The van der Waals surface area contributed by atoms with Crippen molar-refractivity contribution in [1.29, 1.82) is 0 Å². The van der Waals surface area contributed by atoms with Crippen LogP contribution in [0, 0.1) is 5.92 Å². The van der Waals surface area contributed by atoms with Gasteiger partial charge in [-0.25, -0.2) is 9.78 Å². The van der Waals surface area contributed by atoms with Crippen molar-refractivity contribution in [2.75, 3.05) is 19.6 Å². The molecule has 1 aromatic carbocycles. The lowest BCUT2D eigenvalue weighted by Crippen LogP contribution is -2.42. The topological polar surface area (TPSA) is 71.5 Å². The minimum atomic E-state index is -0.499. The monoisotopic (exact) mass is 403 g/mol. The fourth-order valence-corrected chi connectivity index (χ4v) is 3.45. The first-order chi connectivity index (χ1) is 13.2. The second kappa shape index (κ2) is 8.35. The van der Waals surface area contributed by atoms with Crippen molar-refractivity contribution in [1.82, 2.24) is 15.2 Å². The summed E-state index contributed by atoms with van der Waals surface area (Å²) >= 11 is 5.91. The maximum Gasteiger partial charge on any atom is 0.407 e. The Bertz CT molecular complexity index is 871. The van der Waals surface area contributed by atoms with Gasteiger partial charge in [0.2, 0.25) is 0 Å². The van der Waals surface area contributed by atoms with Crippen molar-refractivity contribution in [3.8, 4) is 0 Å². The van der Waals surface area contributed by atoms with E-state index in [-0.39, 0.29) is 5.91 Å². The largest absolute Gasteiger partial charge is 0.444 e. The molecule has 2 aromatic rings. The SMILES string of the molecule is CC(C)(C)OC(=O)NCC1CCN(C(=O)c2ccc3nc(Cl)ccc3c2)CC1. The van der Waals surface area contributed by atoms with Crippen LogP contribution in [0.5, 0.6) is 0 Å². The van der Waals surface area contributed by atoms with Crippen LogP contribution < -0.4 is 5.32 Å². The molecule has 0 atom stereocenters. The number of fused-ring (bicyclic) bond motifs is 1. The predicted octanol–water partition coefficient (Wildman–Crippen LogP) is 4.27. The molecule has 1 fully saturated rings. The maximum absolute atomic E-state index is 12.8. The molecule has 0 bridgehead atoms. The van der Waals surface area contributed by atoms with Crippen LogP contribution in [-0.4, -0.2) is 47.1 Å². The van der Waals surface area contributed by atoms with Gasteiger partial charge in [0.25, 0.3) is 5.91 Å². The quantitative estimate of drug-likeness (QED) is 0.777. The van der Waals surface area contributed by atoms with Crippen molar-refractivity contribution < 1.29 is 14.3 Å². The van der Waals surface area contributed by atoms with Crippen LogP contribution >= 0.6 is 11.6 Å². The van der Waals surface area contributed by atoms with Crippen molar-refractivity contribution in [2.24, 2.45) is 5.92 Å². The zero-order valence-corrected chi connectivity index (χ0v) is 17.3. The molecule has 1 aliphatic rings. The van der Waals surface area contributed by atoms with E-state index in [2.05, 4.69) is 10.3 Å². The number of amides is 2. The Balaban J connectivity index is 1.52. The van der Waals surface area contributed by atoms with Crippen molar-refractivity contribution in [3.05, 3.63) is 41.0 Å². The average molecular weight is 404 g/mol. The Hall–Kier alpha value is -2.34. The number of likely N-dealkylation sites (tertiary alicyclic amines) is 1. The number of aromatic nitrogens is 1. The second-order valence-electron chi connectivity index (χ2n) is 8.16. The van der Waals surface area contributed by atoms with Gasteiger partial charge in [-0.2, -0.15) is 0 Å². The Morgan fingerprint density at radius 3 is 2.61 bits per heavy atom. The fraction of sp³-hybridized carbons (Fsp3) is 0.476. The smallest absolute Gasteiger partial charge is 0.407 e. The number of carbonyl (C=O) groups excluding carboxylic acids is 2. The van der Waals surface area contributed by atoms with Crippen LogP contribution in [-0.2, 0) is 4.74 Å². The number of halogens is 1. The van der Waals surface area contributed by atoms with Crippen LogP contribution in [0.1, 0.15) is 44.0 Å². The number of benzene rings is 1. The van der Waals surface area contributed by atoms with Crippen molar-refractivity contribution >= 4 is 34.5 Å². The summed E-state index contributed by atoms with van der Waals surface area (Å²) in [5.41, 5.74) is 0.929. The van der Waals surface area contributed by atoms with E-state index in [1.807, 2.05) is 43.9 Å². The van der Waals surface area contributed by atoms with Gasteiger partial charge in [0.05, 0.1) is 5.52 Å². The van der Waals surface area contributed by atoms with Gasteiger partial charge >= 0.3 is 6.09 Å². The van der Waals surface area contributed by atoms with Gasteiger partial charge in [0.15, 0.2) is 0 Å². The minimum Gasteiger partial charge on any atom is -0.444 e. The summed E-state index contributed by atoms with van der Waals surface area (Å²) in [6, 6.07) is 9.07. The maximum atomic E-state index is 12.8. The molecule has 0 aliphatic carbocycles. The summed E-state index contributed by atoms with van der Waals surface area (Å²) in [4.78, 5) is 30.7. The summed E-state index contributed by atoms with van der Waals surface area (Å²) in [6.45, 7) is 7.45. The van der Waals surface area contributed by atoms with E-state index in [9.17, 15) is 9.59 Å². The van der Waals surface area contributed by atoms with E-state index in [0.29, 0.717) is 36.3 Å². The summed E-state index contributed by atoms with van der Waals surface area (Å²) in [5.74, 6) is 0.370. The zero-order valence-electron chi connectivity index (χ0n) is 16.5. The number of pyridine rings is 1. The zero-order chi connectivity index (χ0) is 20.3. The number of hydrogen-bond acceptors (Lipinski definition) is 4.